The maximum Gasteiger partial charge on any atom is 0.447 e. The van der Waals surface area contributed by atoms with E-state index < -0.39 is 14.8 Å². The summed E-state index contributed by atoms with van der Waals surface area (Å²) in [5.74, 6) is 0. The highest BCUT2D eigenvalue weighted by atomic mass is 35.5. The first-order chi connectivity index (χ1) is 4.19. The maximum atomic E-state index is 11.8. The number of nitrogens with zero attached hydrogens (tertiary/aromatic N) is 1. The molecule has 10 heavy (non-hydrogen) atoms. The van der Waals surface area contributed by atoms with Crippen LogP contribution in [0.25, 0.3) is 0 Å². The quantitative estimate of drug-likeness (QED) is 0.306. The van der Waals surface area contributed by atoms with Gasteiger partial charge in [0, 0.05) is 0 Å². The molecule has 0 aliphatic carbocycles. The number of hydrogen-bond acceptors (Lipinski definition) is 2. The highest BCUT2D eigenvalue weighted by molar-refractivity contribution is 6.51. The Morgan fingerprint density at radius 1 is 1.30 bits per heavy atom. The minimum Gasteiger partial charge on any atom is -0.261 e. The Morgan fingerprint density at radius 3 is 1.60 bits per heavy atom. The number of hydrogen-bond donors (Lipinski definition) is 0. The number of nitro groups is 1. The fraction of sp³-hybridized carbons (Fsp3) is 1.00. The summed E-state index contributed by atoms with van der Waals surface area (Å²) in [5.41, 5.74) is 0. The molecule has 0 N–H and O–H groups in total. The Labute approximate surface area is 69.0 Å². The average molecular weight is 214 g/mol. The molecule has 0 aromatic rings. The highest BCUT2D eigenvalue weighted by Crippen LogP contribution is 2.41. The van der Waals surface area contributed by atoms with Gasteiger partial charge in [-0.15, -0.1) is 0 Å². The molecule has 0 fully saturated rings. The normalized spacial score (nSPS) is 13.3. The topological polar surface area (TPSA) is 43.1 Å². The Kier molecular flexibility index (Phi) is 2.67. The van der Waals surface area contributed by atoms with E-state index in [-0.39, 0.29) is 0 Å². The molecule has 0 aliphatic rings. The number of rotatable bonds is 2. The molecular weight excluding hydrogens is 214 g/mol. The standard InChI is InChI=1S/C2Cl3F2NO2/c3-1(4,8(9)10)2(5,6)7. The van der Waals surface area contributed by atoms with E-state index in [1.54, 1.807) is 0 Å². The summed E-state index contributed by atoms with van der Waals surface area (Å²) in [6.45, 7) is 0. The van der Waals surface area contributed by atoms with Crippen molar-refractivity contribution in [1.29, 1.82) is 0 Å². The van der Waals surface area contributed by atoms with Gasteiger partial charge < -0.3 is 0 Å². The highest BCUT2D eigenvalue weighted by Gasteiger charge is 2.62. The molecule has 0 saturated carbocycles. The molecule has 0 saturated heterocycles. The van der Waals surface area contributed by atoms with Crippen molar-refractivity contribution in [2.24, 2.45) is 0 Å². The molecule has 8 heteroatoms. The summed E-state index contributed by atoms with van der Waals surface area (Å²) in [4.78, 5) is 8.06. The SMILES string of the molecule is O=[N+]([O-])C(Cl)(Cl)C(F)(F)Cl. The van der Waals surface area contributed by atoms with Crippen LogP contribution in [-0.2, 0) is 0 Å². The fourth-order valence-electron chi connectivity index (χ4n) is 0.104. The fourth-order valence-corrected chi connectivity index (χ4v) is 0.173. The van der Waals surface area contributed by atoms with Gasteiger partial charge in [0.1, 0.15) is 0 Å². The zero-order chi connectivity index (χ0) is 8.58. The largest absolute Gasteiger partial charge is 0.447 e. The Morgan fingerprint density at radius 2 is 1.60 bits per heavy atom. The first-order valence-corrected chi connectivity index (χ1v) is 2.92. The van der Waals surface area contributed by atoms with Crippen LogP contribution in [0.3, 0.4) is 0 Å². The van der Waals surface area contributed by atoms with E-state index in [4.69, 9.17) is 0 Å². The molecule has 60 valence electrons. The van der Waals surface area contributed by atoms with Crippen molar-refractivity contribution < 1.29 is 13.7 Å². The van der Waals surface area contributed by atoms with Crippen LogP contribution in [0, 0.1) is 10.1 Å². The van der Waals surface area contributed by atoms with Gasteiger partial charge >= 0.3 is 9.84 Å². The summed E-state index contributed by atoms with van der Waals surface area (Å²) >= 11 is 13.2. The first kappa shape index (κ1) is 10.1. The van der Waals surface area contributed by atoms with Gasteiger partial charge in [-0.2, -0.15) is 8.78 Å². The van der Waals surface area contributed by atoms with Gasteiger partial charge in [-0.25, -0.2) is 0 Å². The van der Waals surface area contributed by atoms with Crippen molar-refractivity contribution in [3.8, 4) is 0 Å². The predicted octanol–water partition coefficient (Wildman–Crippen LogP) is 2.23. The second-order valence-corrected chi connectivity index (χ2v) is 3.06. The maximum absolute atomic E-state index is 11.8. The van der Waals surface area contributed by atoms with Crippen molar-refractivity contribution in [2.75, 3.05) is 0 Å². The molecule has 0 aliphatic heterocycles. The van der Waals surface area contributed by atoms with Gasteiger partial charge in [-0.3, -0.25) is 10.1 Å². The molecule has 0 bridgehead atoms. The van der Waals surface area contributed by atoms with E-state index in [0.29, 0.717) is 0 Å². The molecule has 0 amide bonds. The van der Waals surface area contributed by atoms with E-state index >= 15 is 0 Å². The van der Waals surface area contributed by atoms with Crippen LogP contribution in [0.15, 0.2) is 0 Å². The zero-order valence-electron chi connectivity index (χ0n) is 4.15. The summed E-state index contributed by atoms with van der Waals surface area (Å²) in [6.07, 6.45) is 0. The lowest BCUT2D eigenvalue weighted by atomic mass is 10.7. The monoisotopic (exact) mass is 213 g/mol. The Balaban J connectivity index is 4.57. The molecular formula is C2Cl3F2NO2. The smallest absolute Gasteiger partial charge is 0.261 e. The van der Waals surface area contributed by atoms with Crippen molar-refractivity contribution in [3.05, 3.63) is 10.1 Å². The Hall–Kier alpha value is 0.130. The second-order valence-electron chi connectivity index (χ2n) is 1.30. The molecule has 0 unspecified atom stereocenters. The predicted molar refractivity (Wildman–Crippen MR) is 32.2 cm³/mol. The van der Waals surface area contributed by atoms with Gasteiger partial charge in [0.25, 0.3) is 0 Å². The van der Waals surface area contributed by atoms with E-state index in [0.717, 1.165) is 0 Å². The zero-order valence-corrected chi connectivity index (χ0v) is 6.42. The van der Waals surface area contributed by atoms with Crippen molar-refractivity contribution in [2.45, 2.75) is 9.84 Å². The Bertz CT molecular complexity index is 155. The number of halogens is 5. The summed E-state index contributed by atoms with van der Waals surface area (Å²) < 4.78 is 20.2. The first-order valence-electron chi connectivity index (χ1n) is 1.78. The van der Waals surface area contributed by atoms with Gasteiger partial charge in [0.15, 0.2) is 0 Å². The lowest BCUT2D eigenvalue weighted by Crippen LogP contribution is -2.40. The molecule has 0 rings (SSSR count). The molecule has 3 nitrogen and oxygen atoms in total. The van der Waals surface area contributed by atoms with Gasteiger partial charge in [0.2, 0.25) is 0 Å². The summed E-state index contributed by atoms with van der Waals surface area (Å²) in [7, 11) is 0. The van der Waals surface area contributed by atoms with E-state index in [1.807, 2.05) is 0 Å². The third-order valence-electron chi connectivity index (χ3n) is 0.570. The molecule has 0 aromatic heterocycles. The van der Waals surface area contributed by atoms with Crippen LogP contribution in [0.2, 0.25) is 0 Å². The molecule has 0 heterocycles. The second kappa shape index (κ2) is 2.64. The third-order valence-corrected chi connectivity index (χ3v) is 1.79. The molecule has 0 radical (unpaired) electrons. The van der Waals surface area contributed by atoms with Crippen molar-refractivity contribution in [1.82, 2.24) is 0 Å². The summed E-state index contributed by atoms with van der Waals surface area (Å²) in [6, 6.07) is 0. The van der Waals surface area contributed by atoms with Gasteiger partial charge in [-0.1, -0.05) is 0 Å². The summed E-state index contributed by atoms with van der Waals surface area (Å²) in [5, 5.41) is 5.37. The minimum atomic E-state index is -4.28. The van der Waals surface area contributed by atoms with Crippen LogP contribution >= 0.6 is 34.8 Å². The van der Waals surface area contributed by atoms with Gasteiger partial charge in [-0.05, 0) is 34.8 Å². The van der Waals surface area contributed by atoms with Gasteiger partial charge in [0.05, 0.1) is 4.92 Å². The van der Waals surface area contributed by atoms with E-state index in [2.05, 4.69) is 34.8 Å². The minimum absolute atomic E-state index is 1.58. The molecule has 0 spiro atoms. The average Bonchev–Trinajstić information content (AvgIpc) is 1.62. The third kappa shape index (κ3) is 1.81. The van der Waals surface area contributed by atoms with Crippen LogP contribution in [-0.4, -0.2) is 14.8 Å². The van der Waals surface area contributed by atoms with Crippen molar-refractivity contribution in [3.63, 3.8) is 0 Å². The van der Waals surface area contributed by atoms with E-state index in [1.165, 1.54) is 0 Å². The number of alkyl halides is 5. The van der Waals surface area contributed by atoms with E-state index in [9.17, 15) is 18.9 Å². The lowest BCUT2D eigenvalue weighted by Gasteiger charge is -2.14. The molecule has 0 aromatic carbocycles. The van der Waals surface area contributed by atoms with Crippen LogP contribution < -0.4 is 0 Å². The van der Waals surface area contributed by atoms with Crippen LogP contribution in [0.5, 0.6) is 0 Å². The van der Waals surface area contributed by atoms with Crippen LogP contribution in [0.1, 0.15) is 0 Å². The van der Waals surface area contributed by atoms with Crippen molar-refractivity contribution >= 4 is 34.8 Å². The molecule has 0 atom stereocenters. The lowest BCUT2D eigenvalue weighted by molar-refractivity contribution is -0.536. The van der Waals surface area contributed by atoms with Crippen LogP contribution in [0.4, 0.5) is 8.78 Å².